The molecule has 1 aliphatic heterocycles. The van der Waals surface area contributed by atoms with Crippen molar-refractivity contribution in [1.29, 1.82) is 0 Å². The van der Waals surface area contributed by atoms with Crippen molar-refractivity contribution in [1.82, 2.24) is 0 Å². The molecule has 1 saturated heterocycles. The first-order chi connectivity index (χ1) is 6.60. The average Bonchev–Trinajstić information content (AvgIpc) is 2.57. The van der Waals surface area contributed by atoms with Crippen LogP contribution in [0.3, 0.4) is 0 Å². The van der Waals surface area contributed by atoms with Crippen LogP contribution in [0.25, 0.3) is 0 Å². The van der Waals surface area contributed by atoms with Crippen molar-refractivity contribution in [3.05, 3.63) is 0 Å². The van der Waals surface area contributed by atoms with Gasteiger partial charge in [0.2, 0.25) is 0 Å². The molecule has 1 fully saturated rings. The van der Waals surface area contributed by atoms with Crippen LogP contribution in [-0.2, 0) is 9.31 Å². The summed E-state index contributed by atoms with van der Waals surface area (Å²) in [4.78, 5) is 0. The fourth-order valence-corrected chi connectivity index (χ4v) is 1.26. The molecule has 1 aliphatic rings. The Labute approximate surface area is 109 Å². The van der Waals surface area contributed by atoms with Crippen molar-refractivity contribution in [2.45, 2.75) is 24.4 Å². The SMILES string of the molecule is OCC(O)C(O)C1OB(O)OC1CO.[NaH]. The predicted molar refractivity (Wildman–Crippen MR) is 51.1 cm³/mol. The van der Waals surface area contributed by atoms with E-state index in [4.69, 9.17) is 25.0 Å². The van der Waals surface area contributed by atoms with Gasteiger partial charge in [-0.05, 0) is 0 Å². The molecule has 0 aromatic carbocycles. The van der Waals surface area contributed by atoms with Crippen LogP contribution in [0.4, 0.5) is 0 Å². The van der Waals surface area contributed by atoms with Gasteiger partial charge in [0.15, 0.2) is 0 Å². The summed E-state index contributed by atoms with van der Waals surface area (Å²) in [6.07, 6.45) is -4.80. The van der Waals surface area contributed by atoms with E-state index in [-0.39, 0.29) is 29.6 Å². The Kier molecular flexibility index (Phi) is 7.55. The Morgan fingerprint density at radius 3 is 2.27 bits per heavy atom. The van der Waals surface area contributed by atoms with E-state index in [1.165, 1.54) is 0 Å². The van der Waals surface area contributed by atoms with Gasteiger partial charge in [0, 0.05) is 0 Å². The van der Waals surface area contributed by atoms with Crippen LogP contribution in [0.5, 0.6) is 0 Å². The minimum atomic E-state index is -1.53. The van der Waals surface area contributed by atoms with E-state index in [1.54, 1.807) is 0 Å². The van der Waals surface area contributed by atoms with E-state index < -0.39 is 45.0 Å². The molecule has 0 saturated carbocycles. The standard InChI is InChI=1S/C6H13BO7.Na.H/c8-1-3(10)5(11)6-4(2-9)13-7(12)14-6;;/h3-6,8-12H,1-2H2;;. The van der Waals surface area contributed by atoms with Gasteiger partial charge in [0.25, 0.3) is 0 Å². The number of aliphatic hydroxyl groups is 4. The summed E-state index contributed by atoms with van der Waals surface area (Å²) in [5.74, 6) is 0. The summed E-state index contributed by atoms with van der Waals surface area (Å²) < 4.78 is 9.37. The molecule has 84 valence electrons. The van der Waals surface area contributed by atoms with E-state index >= 15 is 0 Å². The molecular weight excluding hydrogens is 218 g/mol. The average molecular weight is 232 g/mol. The van der Waals surface area contributed by atoms with Crippen LogP contribution in [0, 0.1) is 0 Å². The summed E-state index contributed by atoms with van der Waals surface area (Å²) in [6.45, 7) is -1.10. The first-order valence-corrected chi connectivity index (χ1v) is 4.17. The van der Waals surface area contributed by atoms with E-state index in [0.29, 0.717) is 0 Å². The first kappa shape index (κ1) is 15.8. The van der Waals surface area contributed by atoms with Gasteiger partial charge in [-0.25, -0.2) is 0 Å². The van der Waals surface area contributed by atoms with Gasteiger partial charge in [-0.15, -0.1) is 0 Å². The predicted octanol–water partition coefficient (Wildman–Crippen LogP) is -4.19. The molecule has 1 rings (SSSR count). The zero-order valence-electron chi connectivity index (χ0n) is 7.35. The van der Waals surface area contributed by atoms with Crippen molar-refractivity contribution >= 4 is 36.9 Å². The Morgan fingerprint density at radius 1 is 1.20 bits per heavy atom. The fourth-order valence-electron chi connectivity index (χ4n) is 1.26. The maximum absolute atomic E-state index is 9.40. The Bertz CT molecular complexity index is 185. The number of hydrogen-bond acceptors (Lipinski definition) is 7. The van der Waals surface area contributed by atoms with Gasteiger partial charge >= 0.3 is 36.9 Å². The van der Waals surface area contributed by atoms with Gasteiger partial charge < -0.3 is 34.8 Å². The van der Waals surface area contributed by atoms with E-state index in [9.17, 15) is 5.11 Å². The van der Waals surface area contributed by atoms with Crippen LogP contribution in [0.1, 0.15) is 0 Å². The van der Waals surface area contributed by atoms with Crippen molar-refractivity contribution < 1.29 is 34.8 Å². The Balaban J connectivity index is 0.00000196. The number of hydrogen-bond donors (Lipinski definition) is 5. The molecule has 4 atom stereocenters. The van der Waals surface area contributed by atoms with Crippen LogP contribution >= 0.6 is 0 Å². The first-order valence-electron chi connectivity index (χ1n) is 4.17. The second-order valence-electron chi connectivity index (χ2n) is 3.01. The fraction of sp³-hybridized carbons (Fsp3) is 1.00. The molecule has 5 N–H and O–H groups in total. The third-order valence-corrected chi connectivity index (χ3v) is 2.03. The van der Waals surface area contributed by atoms with Crippen LogP contribution < -0.4 is 0 Å². The Morgan fingerprint density at radius 2 is 1.80 bits per heavy atom. The van der Waals surface area contributed by atoms with Gasteiger partial charge in [0.05, 0.1) is 19.3 Å². The third-order valence-electron chi connectivity index (χ3n) is 2.03. The van der Waals surface area contributed by atoms with Crippen molar-refractivity contribution in [2.75, 3.05) is 13.2 Å². The summed E-state index contributed by atoms with van der Waals surface area (Å²) in [6, 6.07) is 0. The third kappa shape index (κ3) is 3.93. The number of rotatable bonds is 4. The molecule has 4 unspecified atom stereocenters. The summed E-state index contributed by atoms with van der Waals surface area (Å²) in [5, 5.41) is 44.7. The quantitative estimate of drug-likeness (QED) is 0.312. The van der Waals surface area contributed by atoms with Gasteiger partial charge in [-0.2, -0.15) is 0 Å². The van der Waals surface area contributed by atoms with E-state index in [2.05, 4.69) is 4.65 Å². The van der Waals surface area contributed by atoms with Gasteiger partial charge in [0.1, 0.15) is 18.3 Å². The van der Waals surface area contributed by atoms with Crippen LogP contribution in [-0.4, -0.2) is 100.0 Å². The molecule has 0 spiro atoms. The second-order valence-corrected chi connectivity index (χ2v) is 3.01. The molecule has 0 aliphatic carbocycles. The minimum absolute atomic E-state index is 0. The molecule has 0 amide bonds. The van der Waals surface area contributed by atoms with Gasteiger partial charge in [-0.1, -0.05) is 0 Å². The van der Waals surface area contributed by atoms with Crippen molar-refractivity contribution in [3.63, 3.8) is 0 Å². The zero-order valence-corrected chi connectivity index (χ0v) is 7.35. The van der Waals surface area contributed by atoms with Crippen LogP contribution in [0.2, 0.25) is 0 Å². The van der Waals surface area contributed by atoms with E-state index in [1.807, 2.05) is 0 Å². The molecule has 0 aromatic heterocycles. The summed E-state index contributed by atoms with van der Waals surface area (Å²) >= 11 is 0. The molecule has 1 heterocycles. The normalized spacial score (nSPS) is 29.8. The molecule has 0 radical (unpaired) electrons. The summed E-state index contributed by atoms with van der Waals surface area (Å²) in [5.41, 5.74) is 0. The van der Waals surface area contributed by atoms with Gasteiger partial charge in [-0.3, -0.25) is 0 Å². The molecular formula is C6H14BNaO7. The topological polar surface area (TPSA) is 120 Å². The molecule has 9 heteroatoms. The molecule has 0 aromatic rings. The Hall–Kier alpha value is 0.785. The maximum atomic E-state index is 9.40. The monoisotopic (exact) mass is 232 g/mol. The van der Waals surface area contributed by atoms with Crippen molar-refractivity contribution in [3.8, 4) is 0 Å². The molecule has 7 nitrogen and oxygen atoms in total. The number of aliphatic hydroxyl groups excluding tert-OH is 4. The van der Waals surface area contributed by atoms with E-state index in [0.717, 1.165) is 0 Å². The van der Waals surface area contributed by atoms with Crippen molar-refractivity contribution in [2.24, 2.45) is 0 Å². The van der Waals surface area contributed by atoms with Crippen LogP contribution in [0.15, 0.2) is 0 Å². The zero-order chi connectivity index (χ0) is 10.7. The molecule has 15 heavy (non-hydrogen) atoms. The summed E-state index contributed by atoms with van der Waals surface area (Å²) in [7, 11) is -1.53. The molecule has 0 bridgehead atoms. The second kappa shape index (κ2) is 7.18.